The fourth-order valence-electron chi connectivity index (χ4n) is 2.03. The highest BCUT2D eigenvalue weighted by Gasteiger charge is 2.09. The molecule has 0 saturated carbocycles. The van der Waals surface area contributed by atoms with Crippen LogP contribution in [-0.4, -0.2) is 27.4 Å². The van der Waals surface area contributed by atoms with Gasteiger partial charge in [0.15, 0.2) is 5.82 Å². The molecule has 21 heavy (non-hydrogen) atoms. The van der Waals surface area contributed by atoms with E-state index in [4.69, 9.17) is 5.11 Å². The number of aromatic nitrogens is 2. The van der Waals surface area contributed by atoms with E-state index in [1.54, 1.807) is 11.8 Å². The lowest BCUT2D eigenvalue weighted by Gasteiger charge is -2.08. The van der Waals surface area contributed by atoms with Gasteiger partial charge in [-0.05, 0) is 18.2 Å². The Morgan fingerprint density at radius 1 is 1.00 bits per heavy atom. The summed E-state index contributed by atoms with van der Waals surface area (Å²) in [7, 11) is 0. The molecule has 0 unspecified atom stereocenters. The van der Waals surface area contributed by atoms with E-state index >= 15 is 0 Å². The van der Waals surface area contributed by atoms with Gasteiger partial charge in [0.1, 0.15) is 5.03 Å². The second-order valence-corrected chi connectivity index (χ2v) is 6.45. The van der Waals surface area contributed by atoms with Crippen molar-refractivity contribution < 1.29 is 5.11 Å². The van der Waals surface area contributed by atoms with Gasteiger partial charge in [0.05, 0.1) is 12.1 Å². The van der Waals surface area contributed by atoms with E-state index < -0.39 is 0 Å². The largest absolute Gasteiger partial charge is 0.396 e. The Morgan fingerprint density at radius 2 is 1.76 bits per heavy atom. The van der Waals surface area contributed by atoms with E-state index in [-0.39, 0.29) is 6.61 Å². The number of para-hydroxylation sites is 1. The summed E-state index contributed by atoms with van der Waals surface area (Å²) in [6, 6.07) is 15.9. The van der Waals surface area contributed by atoms with E-state index in [0.29, 0.717) is 11.6 Å². The van der Waals surface area contributed by atoms with Crippen molar-refractivity contribution >= 4 is 38.6 Å². The Labute approximate surface area is 135 Å². The monoisotopic (exact) mass is 360 g/mol. The van der Waals surface area contributed by atoms with Gasteiger partial charge in [-0.15, -0.1) is 11.8 Å². The third-order valence-electron chi connectivity index (χ3n) is 3.00. The highest BCUT2D eigenvalue weighted by molar-refractivity contribution is 9.10. The average molecular weight is 361 g/mol. The number of thioether (sulfide) groups is 1. The molecule has 2 aromatic carbocycles. The summed E-state index contributed by atoms with van der Waals surface area (Å²) in [6.07, 6.45) is 0. The van der Waals surface area contributed by atoms with E-state index in [1.807, 2.05) is 48.5 Å². The highest BCUT2D eigenvalue weighted by atomic mass is 79.9. The number of rotatable bonds is 4. The first kappa shape index (κ1) is 14.5. The maximum absolute atomic E-state index is 9.05. The van der Waals surface area contributed by atoms with Crippen molar-refractivity contribution in [2.24, 2.45) is 0 Å². The van der Waals surface area contributed by atoms with E-state index in [0.717, 1.165) is 26.0 Å². The molecular weight excluding hydrogens is 348 g/mol. The molecule has 106 valence electrons. The molecule has 0 amide bonds. The molecule has 0 aliphatic carbocycles. The van der Waals surface area contributed by atoms with Gasteiger partial charge in [-0.1, -0.05) is 46.3 Å². The minimum atomic E-state index is 0.136. The number of aliphatic hydroxyl groups excluding tert-OH is 1. The van der Waals surface area contributed by atoms with Crippen LogP contribution in [0.15, 0.2) is 58.0 Å². The number of halogens is 1. The minimum Gasteiger partial charge on any atom is -0.396 e. The lowest BCUT2D eigenvalue weighted by atomic mass is 10.2. The van der Waals surface area contributed by atoms with Crippen LogP contribution in [0.2, 0.25) is 0 Å². The number of hydrogen-bond donors (Lipinski definition) is 1. The molecule has 3 aromatic rings. The summed E-state index contributed by atoms with van der Waals surface area (Å²) in [6.45, 7) is 0.136. The standard InChI is InChI=1S/C16H13BrN2OS/c17-12-7-5-11(6-8-12)15-18-14-4-2-1-3-13(14)16(19-15)21-10-9-20/h1-8,20H,9-10H2. The van der Waals surface area contributed by atoms with Gasteiger partial charge in [-0.2, -0.15) is 0 Å². The quantitative estimate of drug-likeness (QED) is 0.560. The van der Waals surface area contributed by atoms with Crippen molar-refractivity contribution in [1.82, 2.24) is 9.97 Å². The minimum absolute atomic E-state index is 0.136. The maximum atomic E-state index is 9.05. The molecule has 0 aliphatic rings. The van der Waals surface area contributed by atoms with E-state index in [9.17, 15) is 0 Å². The number of benzene rings is 2. The van der Waals surface area contributed by atoms with Crippen LogP contribution in [0.3, 0.4) is 0 Å². The SMILES string of the molecule is OCCSc1nc(-c2ccc(Br)cc2)nc2ccccc12. The van der Waals surface area contributed by atoms with Crippen LogP contribution in [0, 0.1) is 0 Å². The molecule has 0 saturated heterocycles. The normalized spacial score (nSPS) is 11.0. The number of aliphatic hydroxyl groups is 1. The fourth-order valence-corrected chi connectivity index (χ4v) is 3.06. The molecule has 0 radical (unpaired) electrons. The summed E-state index contributed by atoms with van der Waals surface area (Å²) < 4.78 is 1.03. The molecule has 0 fully saturated rings. The van der Waals surface area contributed by atoms with Gasteiger partial charge in [-0.25, -0.2) is 9.97 Å². The predicted octanol–water partition coefficient (Wildman–Crippen LogP) is 4.14. The maximum Gasteiger partial charge on any atom is 0.161 e. The van der Waals surface area contributed by atoms with Gasteiger partial charge in [-0.3, -0.25) is 0 Å². The zero-order chi connectivity index (χ0) is 14.7. The summed E-state index contributed by atoms with van der Waals surface area (Å²) >= 11 is 4.99. The molecule has 1 aromatic heterocycles. The fraction of sp³-hybridized carbons (Fsp3) is 0.125. The van der Waals surface area contributed by atoms with Crippen LogP contribution in [-0.2, 0) is 0 Å². The first-order valence-electron chi connectivity index (χ1n) is 6.54. The van der Waals surface area contributed by atoms with Gasteiger partial charge in [0, 0.05) is 21.2 Å². The molecule has 0 spiro atoms. The number of hydrogen-bond acceptors (Lipinski definition) is 4. The third kappa shape index (κ3) is 3.26. The van der Waals surface area contributed by atoms with Gasteiger partial charge in [0.2, 0.25) is 0 Å². The first-order valence-corrected chi connectivity index (χ1v) is 8.32. The number of nitrogens with zero attached hydrogens (tertiary/aromatic N) is 2. The molecule has 0 bridgehead atoms. The third-order valence-corrected chi connectivity index (χ3v) is 4.50. The molecule has 1 N–H and O–H groups in total. The van der Waals surface area contributed by atoms with Crippen LogP contribution < -0.4 is 0 Å². The predicted molar refractivity (Wildman–Crippen MR) is 90.5 cm³/mol. The van der Waals surface area contributed by atoms with Crippen molar-refractivity contribution in [3.05, 3.63) is 53.0 Å². The molecule has 0 aliphatic heterocycles. The highest BCUT2D eigenvalue weighted by Crippen LogP contribution is 2.28. The summed E-state index contributed by atoms with van der Waals surface area (Å²) in [4.78, 5) is 9.31. The zero-order valence-electron chi connectivity index (χ0n) is 11.2. The van der Waals surface area contributed by atoms with Crippen LogP contribution in [0.25, 0.3) is 22.3 Å². The smallest absolute Gasteiger partial charge is 0.161 e. The molecule has 3 rings (SSSR count). The molecule has 5 heteroatoms. The van der Waals surface area contributed by atoms with E-state index in [2.05, 4.69) is 25.9 Å². The van der Waals surface area contributed by atoms with Crippen molar-refractivity contribution in [2.75, 3.05) is 12.4 Å². The Morgan fingerprint density at radius 3 is 2.52 bits per heavy atom. The Balaban J connectivity index is 2.12. The summed E-state index contributed by atoms with van der Waals surface area (Å²) in [5.74, 6) is 1.34. The van der Waals surface area contributed by atoms with Crippen molar-refractivity contribution in [1.29, 1.82) is 0 Å². The topological polar surface area (TPSA) is 46.0 Å². The van der Waals surface area contributed by atoms with Crippen molar-refractivity contribution in [3.63, 3.8) is 0 Å². The Bertz CT molecular complexity index is 762. The molecular formula is C16H13BrN2OS. The Kier molecular flexibility index (Phi) is 4.53. The lowest BCUT2D eigenvalue weighted by Crippen LogP contribution is -1.95. The van der Waals surface area contributed by atoms with Crippen molar-refractivity contribution in [3.8, 4) is 11.4 Å². The van der Waals surface area contributed by atoms with Gasteiger partial charge >= 0.3 is 0 Å². The van der Waals surface area contributed by atoms with E-state index in [1.165, 1.54) is 0 Å². The molecule has 1 heterocycles. The van der Waals surface area contributed by atoms with Crippen LogP contribution in [0.1, 0.15) is 0 Å². The van der Waals surface area contributed by atoms with Crippen LogP contribution in [0.4, 0.5) is 0 Å². The molecule has 0 atom stereocenters. The van der Waals surface area contributed by atoms with Gasteiger partial charge < -0.3 is 5.11 Å². The second-order valence-electron chi connectivity index (χ2n) is 4.45. The van der Waals surface area contributed by atoms with Gasteiger partial charge in [0.25, 0.3) is 0 Å². The van der Waals surface area contributed by atoms with Crippen molar-refractivity contribution in [2.45, 2.75) is 5.03 Å². The van der Waals surface area contributed by atoms with Crippen LogP contribution >= 0.6 is 27.7 Å². The first-order chi connectivity index (χ1) is 10.3. The lowest BCUT2D eigenvalue weighted by molar-refractivity contribution is 0.322. The number of fused-ring (bicyclic) bond motifs is 1. The summed E-state index contributed by atoms with van der Waals surface area (Å²) in [5, 5.41) is 11.0. The zero-order valence-corrected chi connectivity index (χ0v) is 13.6. The second kappa shape index (κ2) is 6.56. The summed E-state index contributed by atoms with van der Waals surface area (Å²) in [5.41, 5.74) is 1.90. The van der Waals surface area contributed by atoms with Crippen LogP contribution in [0.5, 0.6) is 0 Å². The molecule has 3 nitrogen and oxygen atoms in total. The Hall–Kier alpha value is -1.43. The average Bonchev–Trinajstić information content (AvgIpc) is 2.53.